The average Bonchev–Trinajstić information content (AvgIpc) is 2.91. The predicted molar refractivity (Wildman–Crippen MR) is 92.8 cm³/mol. The van der Waals surface area contributed by atoms with Crippen molar-refractivity contribution in [1.29, 1.82) is 0 Å². The van der Waals surface area contributed by atoms with Gasteiger partial charge in [-0.15, -0.1) is 0 Å². The van der Waals surface area contributed by atoms with Gasteiger partial charge in [-0.25, -0.2) is 0 Å². The van der Waals surface area contributed by atoms with Gasteiger partial charge in [-0.1, -0.05) is 48.4 Å². The summed E-state index contributed by atoms with van der Waals surface area (Å²) in [7, 11) is 0. The molecular formula is C21H24. The van der Waals surface area contributed by atoms with Crippen molar-refractivity contribution in [2.24, 2.45) is 0 Å². The van der Waals surface area contributed by atoms with Gasteiger partial charge in [0.1, 0.15) is 0 Å². The summed E-state index contributed by atoms with van der Waals surface area (Å²) >= 11 is 0. The van der Waals surface area contributed by atoms with E-state index in [9.17, 15) is 0 Å². The Labute approximate surface area is 128 Å². The first-order chi connectivity index (χ1) is 10.0. The van der Waals surface area contributed by atoms with Crippen LogP contribution < -0.4 is 0 Å². The molecule has 0 amide bonds. The van der Waals surface area contributed by atoms with Crippen molar-refractivity contribution in [1.82, 2.24) is 0 Å². The number of fused-ring (bicyclic) bond motifs is 1. The molecule has 0 bridgehead atoms. The minimum Gasteiger partial charge on any atom is -0.0654 e. The zero-order valence-electron chi connectivity index (χ0n) is 13.8. The van der Waals surface area contributed by atoms with E-state index in [2.05, 4.69) is 65.0 Å². The normalized spacial score (nSPS) is 13.3. The molecule has 0 saturated heterocycles. The molecular weight excluding hydrogens is 252 g/mol. The maximum atomic E-state index is 2.43. The van der Waals surface area contributed by atoms with E-state index >= 15 is 0 Å². The van der Waals surface area contributed by atoms with Crippen LogP contribution in [0.3, 0.4) is 0 Å². The van der Waals surface area contributed by atoms with Crippen LogP contribution in [-0.2, 0) is 6.42 Å². The summed E-state index contributed by atoms with van der Waals surface area (Å²) in [5, 5.41) is 0. The minimum absolute atomic E-state index is 1.14. The van der Waals surface area contributed by atoms with Crippen molar-refractivity contribution in [3.05, 3.63) is 63.2 Å². The molecule has 0 unspecified atom stereocenters. The Kier molecular flexibility index (Phi) is 3.49. The van der Waals surface area contributed by atoms with Gasteiger partial charge in [0, 0.05) is 0 Å². The monoisotopic (exact) mass is 276 g/mol. The highest BCUT2D eigenvalue weighted by Crippen LogP contribution is 2.41. The Morgan fingerprint density at radius 2 is 1.52 bits per heavy atom. The molecule has 0 aliphatic heterocycles. The molecule has 0 nitrogen and oxygen atoms in total. The fourth-order valence-corrected chi connectivity index (χ4v) is 3.44. The molecule has 0 atom stereocenters. The molecule has 2 aromatic carbocycles. The van der Waals surface area contributed by atoms with Crippen LogP contribution in [0.2, 0.25) is 0 Å². The summed E-state index contributed by atoms with van der Waals surface area (Å²) in [6, 6.07) is 8.97. The first kappa shape index (κ1) is 14.1. The zero-order valence-corrected chi connectivity index (χ0v) is 13.8. The Morgan fingerprint density at radius 1 is 0.857 bits per heavy atom. The van der Waals surface area contributed by atoms with Gasteiger partial charge in [0.2, 0.25) is 0 Å². The van der Waals surface area contributed by atoms with Gasteiger partial charge in [-0.05, 0) is 79.5 Å². The van der Waals surface area contributed by atoms with Gasteiger partial charge in [0.15, 0.2) is 0 Å². The molecule has 0 heteroatoms. The van der Waals surface area contributed by atoms with Gasteiger partial charge in [0.05, 0.1) is 0 Å². The Morgan fingerprint density at radius 3 is 2.14 bits per heavy atom. The standard InChI is InChI=1S/C21H24/c1-6-17-11-19-15(4)14(3)16(5)21(20(19)12-17)18-9-7-13(2)8-10-18/h7-10,12H,6,11H2,1-5H3. The maximum Gasteiger partial charge on any atom is -0.00550 e. The molecule has 0 saturated carbocycles. The third kappa shape index (κ3) is 2.23. The van der Waals surface area contributed by atoms with E-state index in [1.54, 1.807) is 11.1 Å². The third-order valence-corrected chi connectivity index (χ3v) is 5.09. The van der Waals surface area contributed by atoms with Crippen LogP contribution in [0.25, 0.3) is 17.2 Å². The van der Waals surface area contributed by atoms with Crippen molar-refractivity contribution in [2.45, 2.75) is 47.5 Å². The molecule has 3 rings (SSSR count). The van der Waals surface area contributed by atoms with Gasteiger partial charge < -0.3 is 0 Å². The van der Waals surface area contributed by atoms with E-state index in [1.807, 2.05) is 0 Å². The fourth-order valence-electron chi connectivity index (χ4n) is 3.44. The molecule has 0 radical (unpaired) electrons. The van der Waals surface area contributed by atoms with Crippen LogP contribution in [0.4, 0.5) is 0 Å². The van der Waals surface area contributed by atoms with Crippen LogP contribution in [-0.4, -0.2) is 0 Å². The van der Waals surface area contributed by atoms with Crippen LogP contribution in [0.5, 0.6) is 0 Å². The SMILES string of the molecule is CCC1=Cc2c(c(C)c(C)c(C)c2-c2ccc(C)cc2)C1. The number of rotatable bonds is 2. The molecule has 0 heterocycles. The summed E-state index contributed by atoms with van der Waals surface area (Å²) in [5.41, 5.74) is 13.1. The first-order valence-corrected chi connectivity index (χ1v) is 7.92. The second-order valence-electron chi connectivity index (χ2n) is 6.34. The summed E-state index contributed by atoms with van der Waals surface area (Å²) in [6.07, 6.45) is 4.72. The van der Waals surface area contributed by atoms with Crippen LogP contribution in [0, 0.1) is 27.7 Å². The lowest BCUT2D eigenvalue weighted by Crippen LogP contribution is -2.00. The Balaban J connectivity index is 2.30. The lowest BCUT2D eigenvalue weighted by atomic mass is 9.86. The summed E-state index contributed by atoms with van der Waals surface area (Å²) in [5.74, 6) is 0. The molecule has 2 aromatic rings. The third-order valence-electron chi connectivity index (χ3n) is 5.09. The van der Waals surface area contributed by atoms with Crippen molar-refractivity contribution >= 4 is 6.08 Å². The summed E-state index contributed by atoms with van der Waals surface area (Å²) in [4.78, 5) is 0. The van der Waals surface area contributed by atoms with Gasteiger partial charge in [-0.3, -0.25) is 0 Å². The summed E-state index contributed by atoms with van der Waals surface area (Å²) in [6.45, 7) is 11.2. The predicted octanol–water partition coefficient (Wildman–Crippen LogP) is 5.94. The van der Waals surface area contributed by atoms with E-state index in [1.165, 1.54) is 38.9 Å². The molecule has 1 aliphatic carbocycles. The highest BCUT2D eigenvalue weighted by Gasteiger charge is 2.22. The first-order valence-electron chi connectivity index (χ1n) is 7.92. The zero-order chi connectivity index (χ0) is 15.1. The number of benzene rings is 2. The van der Waals surface area contributed by atoms with Crippen LogP contribution >= 0.6 is 0 Å². The Hall–Kier alpha value is -1.82. The molecule has 0 N–H and O–H groups in total. The molecule has 108 valence electrons. The number of aryl methyl sites for hydroxylation is 1. The lowest BCUT2D eigenvalue weighted by Gasteiger charge is -2.18. The van der Waals surface area contributed by atoms with E-state index in [0.29, 0.717) is 0 Å². The van der Waals surface area contributed by atoms with Crippen LogP contribution in [0.15, 0.2) is 29.8 Å². The lowest BCUT2D eigenvalue weighted by molar-refractivity contribution is 1.02. The molecule has 1 aliphatic rings. The maximum absolute atomic E-state index is 2.43. The second kappa shape index (κ2) is 5.18. The summed E-state index contributed by atoms with van der Waals surface area (Å²) < 4.78 is 0. The van der Waals surface area contributed by atoms with Crippen molar-refractivity contribution in [2.75, 3.05) is 0 Å². The number of hydrogen-bond donors (Lipinski definition) is 0. The quantitative estimate of drug-likeness (QED) is 0.637. The molecule has 0 spiro atoms. The van der Waals surface area contributed by atoms with E-state index < -0.39 is 0 Å². The van der Waals surface area contributed by atoms with Crippen molar-refractivity contribution in [3.8, 4) is 11.1 Å². The van der Waals surface area contributed by atoms with E-state index in [-0.39, 0.29) is 0 Å². The number of hydrogen-bond acceptors (Lipinski definition) is 0. The van der Waals surface area contributed by atoms with E-state index in [4.69, 9.17) is 0 Å². The van der Waals surface area contributed by atoms with Crippen molar-refractivity contribution in [3.63, 3.8) is 0 Å². The highest BCUT2D eigenvalue weighted by molar-refractivity contribution is 5.85. The Bertz CT molecular complexity index is 728. The van der Waals surface area contributed by atoms with Crippen LogP contribution in [0.1, 0.15) is 46.7 Å². The largest absolute Gasteiger partial charge is 0.0654 e. The minimum atomic E-state index is 1.14. The second-order valence-corrected chi connectivity index (χ2v) is 6.34. The van der Waals surface area contributed by atoms with Gasteiger partial charge in [-0.2, -0.15) is 0 Å². The van der Waals surface area contributed by atoms with Crippen molar-refractivity contribution < 1.29 is 0 Å². The average molecular weight is 276 g/mol. The number of allylic oxidation sites excluding steroid dienone is 1. The van der Waals surface area contributed by atoms with E-state index in [0.717, 1.165) is 12.8 Å². The van der Waals surface area contributed by atoms with Gasteiger partial charge >= 0.3 is 0 Å². The van der Waals surface area contributed by atoms with Gasteiger partial charge in [0.25, 0.3) is 0 Å². The molecule has 0 aromatic heterocycles. The molecule has 21 heavy (non-hydrogen) atoms. The topological polar surface area (TPSA) is 0 Å². The molecule has 0 fully saturated rings. The fraction of sp³-hybridized carbons (Fsp3) is 0.333. The highest BCUT2D eigenvalue weighted by atomic mass is 14.3. The smallest absolute Gasteiger partial charge is 0.00550 e.